The van der Waals surface area contributed by atoms with E-state index in [0.717, 1.165) is 0 Å². The maximum Gasteiger partial charge on any atom is 0.304 e. The van der Waals surface area contributed by atoms with Crippen molar-refractivity contribution in [3.05, 3.63) is 29.3 Å². The average molecular weight is 549 g/mol. The Morgan fingerprint density at radius 3 is 2.37 bits per heavy atom. The molecule has 12 nitrogen and oxygen atoms in total. The van der Waals surface area contributed by atoms with Gasteiger partial charge >= 0.3 is 5.97 Å². The van der Waals surface area contributed by atoms with Crippen LogP contribution in [0.1, 0.15) is 28.3 Å². The summed E-state index contributed by atoms with van der Waals surface area (Å²) in [6, 6.07) is 2.81. The molecule has 4 rings (SSSR count). The SMILES string of the molecule is CN(C)[C@@H]1C(=O)C(C(N)=O)C(=O)[C@@]2(O)C(=O)C3C(=O)c4c(O)cccc4[C@H](CSCCC(=O)O)C3[C@H](O)C12. The summed E-state index contributed by atoms with van der Waals surface area (Å²) in [6.07, 6.45) is -1.91. The third kappa shape index (κ3) is 3.96. The van der Waals surface area contributed by atoms with Crippen molar-refractivity contribution in [2.24, 2.45) is 29.4 Å². The van der Waals surface area contributed by atoms with Crippen molar-refractivity contribution >= 4 is 46.8 Å². The minimum absolute atomic E-state index is 0.131. The van der Waals surface area contributed by atoms with Gasteiger partial charge in [0, 0.05) is 23.3 Å². The first kappa shape index (κ1) is 27.9. The molecule has 8 atom stereocenters. The molecule has 204 valence electrons. The number of ketones is 4. The number of phenolic OH excluding ortho intramolecular Hbond substituents is 1. The lowest BCUT2D eigenvalue weighted by atomic mass is 9.49. The molecule has 0 saturated heterocycles. The fourth-order valence-electron chi connectivity index (χ4n) is 6.34. The van der Waals surface area contributed by atoms with E-state index in [9.17, 15) is 44.1 Å². The summed E-state index contributed by atoms with van der Waals surface area (Å²) in [7, 11) is 2.83. The van der Waals surface area contributed by atoms with Gasteiger partial charge in [-0.2, -0.15) is 11.8 Å². The fraction of sp³-hybridized carbons (Fsp3) is 0.520. The maximum atomic E-state index is 14.0. The minimum atomic E-state index is -3.07. The predicted molar refractivity (Wildman–Crippen MR) is 131 cm³/mol. The highest BCUT2D eigenvalue weighted by Crippen LogP contribution is 2.55. The van der Waals surface area contributed by atoms with Gasteiger partial charge in [0.2, 0.25) is 5.91 Å². The largest absolute Gasteiger partial charge is 0.507 e. The molecule has 0 aliphatic heterocycles. The van der Waals surface area contributed by atoms with Gasteiger partial charge in [-0.1, -0.05) is 12.1 Å². The number of hydrogen-bond donors (Lipinski definition) is 5. The number of aliphatic carboxylic acids is 1. The van der Waals surface area contributed by atoms with Gasteiger partial charge in [0.05, 0.1) is 36.0 Å². The second kappa shape index (κ2) is 9.88. The number of likely N-dealkylation sites (N-methyl/N-ethyl adjacent to an activating group) is 1. The summed E-state index contributed by atoms with van der Waals surface area (Å²) >= 11 is 1.19. The monoisotopic (exact) mass is 548 g/mol. The van der Waals surface area contributed by atoms with E-state index < -0.39 is 88.1 Å². The first-order chi connectivity index (χ1) is 17.8. The van der Waals surface area contributed by atoms with Crippen LogP contribution in [0.5, 0.6) is 5.75 Å². The van der Waals surface area contributed by atoms with E-state index in [1.807, 2.05) is 0 Å². The molecule has 0 heterocycles. The quantitative estimate of drug-likeness (QED) is 0.196. The van der Waals surface area contributed by atoms with Crippen molar-refractivity contribution < 1.29 is 49.2 Å². The number of carbonyl (C=O) groups is 6. The Labute approximate surface area is 221 Å². The number of Topliss-reactive ketones (excluding diaryl/α,β-unsaturated/α-hetero) is 4. The van der Waals surface area contributed by atoms with Gasteiger partial charge in [-0.05, 0) is 25.7 Å². The molecule has 4 unspecified atom stereocenters. The van der Waals surface area contributed by atoms with E-state index in [0.29, 0.717) is 5.56 Å². The third-order valence-corrected chi connectivity index (χ3v) is 9.00. The summed E-state index contributed by atoms with van der Waals surface area (Å²) in [5, 5.41) is 42.9. The van der Waals surface area contributed by atoms with E-state index in [1.54, 1.807) is 6.07 Å². The second-order valence-electron chi connectivity index (χ2n) is 10.1. The van der Waals surface area contributed by atoms with Crippen molar-refractivity contribution in [1.82, 2.24) is 4.90 Å². The number of rotatable bonds is 7. The first-order valence-electron chi connectivity index (χ1n) is 11.9. The number of carboxylic acids is 1. The summed E-state index contributed by atoms with van der Waals surface area (Å²) < 4.78 is 0. The summed E-state index contributed by atoms with van der Waals surface area (Å²) in [6.45, 7) is 0. The van der Waals surface area contributed by atoms with Gasteiger partial charge in [-0.3, -0.25) is 33.7 Å². The van der Waals surface area contributed by atoms with Crippen LogP contribution in [-0.2, 0) is 24.0 Å². The molecular weight excluding hydrogens is 520 g/mol. The van der Waals surface area contributed by atoms with E-state index in [4.69, 9.17) is 10.8 Å². The molecular formula is C25H28N2O10S. The number of benzene rings is 1. The normalized spacial score (nSPS) is 34.5. The fourth-order valence-corrected chi connectivity index (χ4v) is 7.48. The molecule has 1 aromatic rings. The standard InChI is InChI=1S/C25H28N2O10S/c1-27(2)18-17-20(32)14-10(8-38-7-6-12(29)30)9-4-3-5-11(28)13(9)19(31)15(14)22(34)25(17,37)23(35)16(21(18)33)24(26)36/h3-5,10,14-18,20,28,32,37H,6-8H2,1-2H3,(H2,26,36)(H,29,30)/t10-,14?,15?,16?,17?,18-,20-,25-/m0/s1. The molecule has 2 saturated carbocycles. The Balaban J connectivity index is 1.89. The Bertz CT molecular complexity index is 1250. The van der Waals surface area contributed by atoms with Gasteiger partial charge in [-0.25, -0.2) is 0 Å². The first-order valence-corrected chi connectivity index (χ1v) is 13.1. The molecule has 0 bridgehead atoms. The topological polar surface area (TPSA) is 213 Å². The van der Waals surface area contributed by atoms with Crippen molar-refractivity contribution in [2.75, 3.05) is 25.6 Å². The van der Waals surface area contributed by atoms with Crippen molar-refractivity contribution in [3.8, 4) is 5.75 Å². The van der Waals surface area contributed by atoms with E-state index >= 15 is 0 Å². The zero-order valence-corrected chi connectivity index (χ0v) is 21.4. The van der Waals surface area contributed by atoms with Gasteiger partial charge in [0.1, 0.15) is 5.75 Å². The highest BCUT2D eigenvalue weighted by Gasteiger charge is 2.73. The molecule has 0 aromatic heterocycles. The average Bonchev–Trinajstić information content (AvgIpc) is 2.82. The molecule has 6 N–H and O–H groups in total. The van der Waals surface area contributed by atoms with Crippen LogP contribution < -0.4 is 5.73 Å². The molecule has 1 aromatic carbocycles. The smallest absolute Gasteiger partial charge is 0.304 e. The third-order valence-electron chi connectivity index (χ3n) is 7.91. The van der Waals surface area contributed by atoms with Crippen molar-refractivity contribution in [1.29, 1.82) is 0 Å². The molecule has 2 fully saturated rings. The Hall–Kier alpha value is -3.13. The maximum absolute atomic E-state index is 14.0. The summed E-state index contributed by atoms with van der Waals surface area (Å²) in [5.74, 6) is -14.8. The number of carboxylic acid groups (broad SMARTS) is 1. The molecule has 13 heteroatoms. The number of phenols is 1. The number of nitrogens with two attached hydrogens (primary N) is 1. The zero-order valence-electron chi connectivity index (χ0n) is 20.6. The number of carbonyl (C=O) groups excluding carboxylic acids is 5. The molecule has 38 heavy (non-hydrogen) atoms. The lowest BCUT2D eigenvalue weighted by molar-refractivity contribution is -0.196. The van der Waals surface area contributed by atoms with E-state index in [2.05, 4.69) is 0 Å². The molecule has 0 radical (unpaired) electrons. The Kier molecular flexibility index (Phi) is 7.25. The number of aromatic hydroxyl groups is 1. The van der Waals surface area contributed by atoms with Crippen LogP contribution in [-0.4, -0.2) is 104 Å². The Morgan fingerprint density at radius 1 is 1.13 bits per heavy atom. The molecule has 1 amide bonds. The van der Waals surface area contributed by atoms with Crippen LogP contribution >= 0.6 is 11.8 Å². The lowest BCUT2D eigenvalue weighted by Crippen LogP contribution is -2.77. The van der Waals surface area contributed by atoms with Gasteiger partial charge in [0.15, 0.2) is 34.7 Å². The lowest BCUT2D eigenvalue weighted by Gasteiger charge is -2.56. The van der Waals surface area contributed by atoms with Crippen LogP contribution in [0.3, 0.4) is 0 Å². The number of hydrogen-bond acceptors (Lipinski definition) is 11. The Morgan fingerprint density at radius 2 is 1.79 bits per heavy atom. The molecule has 0 spiro atoms. The summed E-state index contributed by atoms with van der Waals surface area (Å²) in [4.78, 5) is 78.5. The minimum Gasteiger partial charge on any atom is -0.507 e. The predicted octanol–water partition coefficient (Wildman–Crippen LogP) is -1.41. The second-order valence-corrected chi connectivity index (χ2v) is 11.3. The van der Waals surface area contributed by atoms with Gasteiger partial charge in [0.25, 0.3) is 0 Å². The van der Waals surface area contributed by atoms with Crippen LogP contribution in [0.25, 0.3) is 0 Å². The highest BCUT2D eigenvalue weighted by atomic mass is 32.2. The number of thioether (sulfide) groups is 1. The van der Waals surface area contributed by atoms with Crippen LogP contribution in [0.15, 0.2) is 18.2 Å². The van der Waals surface area contributed by atoms with Crippen LogP contribution in [0.4, 0.5) is 0 Å². The van der Waals surface area contributed by atoms with E-state index in [1.165, 1.54) is 42.9 Å². The number of aliphatic hydroxyl groups excluding tert-OH is 1. The number of amides is 1. The number of nitrogens with zero attached hydrogens (tertiary/aromatic N) is 1. The summed E-state index contributed by atoms with van der Waals surface area (Å²) in [5.41, 5.74) is 2.35. The van der Waals surface area contributed by atoms with E-state index in [-0.39, 0.29) is 23.5 Å². The number of primary amides is 1. The molecule has 3 aliphatic carbocycles. The zero-order chi connectivity index (χ0) is 28.3. The van der Waals surface area contributed by atoms with Gasteiger partial charge in [-0.15, -0.1) is 0 Å². The highest BCUT2D eigenvalue weighted by molar-refractivity contribution is 7.99. The number of fused-ring (bicyclic) bond motifs is 3. The van der Waals surface area contributed by atoms with Crippen LogP contribution in [0, 0.1) is 23.7 Å². The van der Waals surface area contributed by atoms with Crippen molar-refractivity contribution in [2.45, 2.75) is 30.1 Å². The van der Waals surface area contributed by atoms with Crippen molar-refractivity contribution in [3.63, 3.8) is 0 Å². The van der Waals surface area contributed by atoms with Gasteiger partial charge < -0.3 is 26.2 Å². The number of aliphatic hydroxyl groups is 2. The molecule has 3 aliphatic rings. The van der Waals surface area contributed by atoms with Crippen LogP contribution in [0.2, 0.25) is 0 Å².